The second kappa shape index (κ2) is 5.00. The van der Waals surface area contributed by atoms with Crippen molar-refractivity contribution < 1.29 is 14.3 Å². The second-order valence-electron chi connectivity index (χ2n) is 3.99. The molecule has 0 radical (unpaired) electrons. The smallest absolute Gasteiger partial charge is 0.355 e. The van der Waals surface area contributed by atoms with Gasteiger partial charge in [0.1, 0.15) is 0 Å². The first kappa shape index (κ1) is 12.3. The maximum atomic E-state index is 11.8. The van der Waals surface area contributed by atoms with E-state index in [2.05, 4.69) is 5.10 Å². The molecule has 1 aromatic carbocycles. The largest absolute Gasteiger partial charge is 0.461 e. The van der Waals surface area contributed by atoms with Crippen LogP contribution in [-0.4, -0.2) is 24.2 Å². The van der Waals surface area contributed by atoms with E-state index in [4.69, 9.17) is 4.74 Å². The first-order valence-electron chi connectivity index (χ1n) is 5.76. The fourth-order valence-electron chi connectivity index (χ4n) is 1.65. The van der Waals surface area contributed by atoms with Crippen molar-refractivity contribution in [2.45, 2.75) is 20.3 Å². The molecular formula is C13H14N2O3. The summed E-state index contributed by atoms with van der Waals surface area (Å²) in [7, 11) is 0. The lowest BCUT2D eigenvalue weighted by Crippen LogP contribution is -2.19. The Morgan fingerprint density at radius 2 is 2.06 bits per heavy atom. The summed E-state index contributed by atoms with van der Waals surface area (Å²) < 4.78 is 4.83. The topological polar surface area (TPSA) is 59.0 Å². The number of hydrazone groups is 1. The van der Waals surface area contributed by atoms with E-state index >= 15 is 0 Å². The van der Waals surface area contributed by atoms with Crippen LogP contribution in [0.2, 0.25) is 0 Å². The van der Waals surface area contributed by atoms with Crippen LogP contribution in [0.15, 0.2) is 29.4 Å². The Balaban J connectivity index is 2.21. The van der Waals surface area contributed by atoms with E-state index in [1.165, 1.54) is 5.01 Å². The van der Waals surface area contributed by atoms with E-state index in [1.807, 2.05) is 19.1 Å². The Kier molecular flexibility index (Phi) is 3.41. The Morgan fingerprint density at radius 1 is 1.39 bits per heavy atom. The molecule has 1 amide bonds. The molecule has 0 aromatic heterocycles. The number of hydrogen-bond donors (Lipinski definition) is 0. The number of benzene rings is 1. The van der Waals surface area contributed by atoms with E-state index in [0.29, 0.717) is 5.69 Å². The first-order chi connectivity index (χ1) is 8.61. The Hall–Kier alpha value is -2.17. The molecule has 0 atom stereocenters. The zero-order valence-corrected chi connectivity index (χ0v) is 10.3. The highest BCUT2D eigenvalue weighted by molar-refractivity contribution is 6.42. The SMILES string of the molecule is CCOC(=O)C1=NN(c2ccc(C)cc2)C(=O)C1. The predicted octanol–water partition coefficient (Wildman–Crippen LogP) is 1.65. The summed E-state index contributed by atoms with van der Waals surface area (Å²) >= 11 is 0. The number of esters is 1. The van der Waals surface area contributed by atoms with Crippen LogP contribution >= 0.6 is 0 Å². The molecule has 1 aliphatic heterocycles. The van der Waals surface area contributed by atoms with Gasteiger partial charge in [-0.3, -0.25) is 4.79 Å². The first-order valence-corrected chi connectivity index (χ1v) is 5.76. The Bertz CT molecular complexity index is 505. The molecule has 1 aliphatic rings. The van der Waals surface area contributed by atoms with Crippen molar-refractivity contribution in [2.75, 3.05) is 11.6 Å². The van der Waals surface area contributed by atoms with Gasteiger partial charge in [-0.05, 0) is 26.0 Å². The minimum absolute atomic E-state index is 0.00723. The molecule has 0 saturated heterocycles. The molecule has 0 spiro atoms. The Morgan fingerprint density at radius 3 is 2.67 bits per heavy atom. The average Bonchev–Trinajstić information content (AvgIpc) is 2.73. The molecule has 0 N–H and O–H groups in total. The van der Waals surface area contributed by atoms with Crippen LogP contribution in [0.1, 0.15) is 18.9 Å². The van der Waals surface area contributed by atoms with E-state index in [-0.39, 0.29) is 24.6 Å². The molecule has 0 bridgehead atoms. The molecule has 2 rings (SSSR count). The molecule has 0 unspecified atom stereocenters. The summed E-state index contributed by atoms with van der Waals surface area (Å²) in [4.78, 5) is 23.3. The molecule has 0 fully saturated rings. The highest BCUT2D eigenvalue weighted by Crippen LogP contribution is 2.21. The van der Waals surface area contributed by atoms with Crippen molar-refractivity contribution in [1.29, 1.82) is 0 Å². The zero-order valence-electron chi connectivity index (χ0n) is 10.3. The predicted molar refractivity (Wildman–Crippen MR) is 67.4 cm³/mol. The molecule has 0 aliphatic carbocycles. The number of nitrogens with zero attached hydrogens (tertiary/aromatic N) is 2. The monoisotopic (exact) mass is 246 g/mol. The van der Waals surface area contributed by atoms with E-state index < -0.39 is 5.97 Å². The fourth-order valence-corrected chi connectivity index (χ4v) is 1.65. The number of ether oxygens (including phenoxy) is 1. The number of amides is 1. The van der Waals surface area contributed by atoms with Crippen molar-refractivity contribution in [3.8, 4) is 0 Å². The van der Waals surface area contributed by atoms with Crippen LogP contribution in [0.4, 0.5) is 5.69 Å². The summed E-state index contributed by atoms with van der Waals surface area (Å²) in [6.45, 7) is 3.95. The number of aryl methyl sites for hydroxylation is 1. The lowest BCUT2D eigenvalue weighted by atomic mass is 10.2. The van der Waals surface area contributed by atoms with Gasteiger partial charge in [0, 0.05) is 0 Å². The van der Waals surface area contributed by atoms with E-state index in [9.17, 15) is 9.59 Å². The normalized spacial score (nSPS) is 14.7. The van der Waals surface area contributed by atoms with Crippen molar-refractivity contribution in [2.24, 2.45) is 5.10 Å². The van der Waals surface area contributed by atoms with E-state index in [0.717, 1.165) is 5.56 Å². The third-order valence-electron chi connectivity index (χ3n) is 2.57. The van der Waals surface area contributed by atoms with Crippen molar-refractivity contribution >= 4 is 23.3 Å². The maximum absolute atomic E-state index is 11.8. The van der Waals surface area contributed by atoms with E-state index in [1.54, 1.807) is 19.1 Å². The number of carbonyl (C=O) groups excluding carboxylic acids is 2. The highest BCUT2D eigenvalue weighted by atomic mass is 16.5. The van der Waals surface area contributed by atoms with Crippen LogP contribution in [-0.2, 0) is 14.3 Å². The van der Waals surface area contributed by atoms with Gasteiger partial charge < -0.3 is 4.74 Å². The summed E-state index contributed by atoms with van der Waals surface area (Å²) in [6, 6.07) is 7.37. The minimum Gasteiger partial charge on any atom is -0.461 e. The third-order valence-corrected chi connectivity index (χ3v) is 2.57. The van der Waals surface area contributed by atoms with Gasteiger partial charge >= 0.3 is 5.97 Å². The van der Waals surface area contributed by atoms with Crippen LogP contribution in [0.25, 0.3) is 0 Å². The quantitative estimate of drug-likeness (QED) is 0.762. The minimum atomic E-state index is -0.527. The van der Waals surface area contributed by atoms with Crippen molar-refractivity contribution in [3.63, 3.8) is 0 Å². The van der Waals surface area contributed by atoms with Crippen LogP contribution in [0.5, 0.6) is 0 Å². The van der Waals surface area contributed by atoms with Gasteiger partial charge in [-0.25, -0.2) is 4.79 Å². The second-order valence-corrected chi connectivity index (χ2v) is 3.99. The average molecular weight is 246 g/mol. The molecular weight excluding hydrogens is 232 g/mol. The van der Waals surface area contributed by atoms with Gasteiger partial charge in [-0.15, -0.1) is 0 Å². The molecule has 1 aromatic rings. The number of carbonyl (C=O) groups is 2. The summed E-state index contributed by atoms with van der Waals surface area (Å²) in [5.41, 5.74) is 1.91. The number of anilines is 1. The van der Waals surface area contributed by atoms with Crippen LogP contribution in [0.3, 0.4) is 0 Å². The van der Waals surface area contributed by atoms with Gasteiger partial charge in [0.05, 0.1) is 18.7 Å². The lowest BCUT2D eigenvalue weighted by Gasteiger charge is -2.11. The van der Waals surface area contributed by atoms with Gasteiger partial charge in [0.2, 0.25) is 0 Å². The fraction of sp³-hybridized carbons (Fsp3) is 0.308. The van der Waals surface area contributed by atoms with Gasteiger partial charge in [-0.1, -0.05) is 17.7 Å². The van der Waals surface area contributed by atoms with Gasteiger partial charge in [0.15, 0.2) is 5.71 Å². The molecule has 5 heteroatoms. The number of hydrogen-bond acceptors (Lipinski definition) is 4. The zero-order chi connectivity index (χ0) is 13.1. The number of rotatable bonds is 3. The third kappa shape index (κ3) is 2.40. The van der Waals surface area contributed by atoms with Crippen LogP contribution in [0, 0.1) is 6.92 Å². The molecule has 0 saturated carbocycles. The molecule has 94 valence electrons. The maximum Gasteiger partial charge on any atom is 0.355 e. The van der Waals surface area contributed by atoms with Crippen LogP contribution < -0.4 is 5.01 Å². The van der Waals surface area contributed by atoms with Gasteiger partial charge in [-0.2, -0.15) is 10.1 Å². The standard InChI is InChI=1S/C13H14N2O3/c1-3-18-13(17)11-8-12(16)15(14-11)10-6-4-9(2)5-7-10/h4-7H,3,8H2,1-2H3. The summed E-state index contributed by atoms with van der Waals surface area (Å²) in [5.74, 6) is -0.748. The highest BCUT2D eigenvalue weighted by Gasteiger charge is 2.29. The molecule has 1 heterocycles. The molecule has 18 heavy (non-hydrogen) atoms. The Labute approximate surface area is 105 Å². The van der Waals surface area contributed by atoms with Crippen molar-refractivity contribution in [3.05, 3.63) is 29.8 Å². The lowest BCUT2D eigenvalue weighted by molar-refractivity contribution is -0.135. The molecule has 5 nitrogen and oxygen atoms in total. The van der Waals surface area contributed by atoms with Gasteiger partial charge in [0.25, 0.3) is 5.91 Å². The van der Waals surface area contributed by atoms with Crippen molar-refractivity contribution in [1.82, 2.24) is 0 Å². The summed E-state index contributed by atoms with van der Waals surface area (Å²) in [6.07, 6.45) is -0.00723. The summed E-state index contributed by atoms with van der Waals surface area (Å²) in [5, 5.41) is 5.26.